The Morgan fingerprint density at radius 3 is 2.55 bits per heavy atom. The normalized spacial score (nSPS) is 10.4. The molecule has 0 unspecified atom stereocenters. The number of aromatic nitrogens is 3. The number of carbonyl (C=O) groups excluding carboxylic acids is 1. The summed E-state index contributed by atoms with van der Waals surface area (Å²) in [6, 6.07) is 11.7. The number of aromatic amines is 2. The number of benzene rings is 2. The van der Waals surface area contributed by atoms with E-state index in [1.807, 2.05) is 24.3 Å². The second-order valence-corrected chi connectivity index (χ2v) is 7.23. The average Bonchev–Trinajstić information content (AvgIpc) is 3.11. The van der Waals surface area contributed by atoms with Gasteiger partial charge in [0.15, 0.2) is 16.3 Å². The maximum atomic E-state index is 11.5. The molecule has 1 radical (unpaired) electrons. The third kappa shape index (κ3) is 7.21. The summed E-state index contributed by atoms with van der Waals surface area (Å²) in [5.74, 6) is -0.990. The first kappa shape index (κ1) is 27.7. The molecular weight excluding hydrogens is 493 g/mol. The number of hydrogen-bond donors (Lipinski definition) is 5. The molecule has 0 fully saturated rings. The minimum absolute atomic E-state index is 0. The zero-order valence-corrected chi connectivity index (χ0v) is 22.5. The summed E-state index contributed by atoms with van der Waals surface area (Å²) in [6.45, 7) is 0.982. The Kier molecular flexibility index (Phi) is 11.2. The van der Waals surface area contributed by atoms with Crippen molar-refractivity contribution in [3.8, 4) is 11.4 Å². The first-order valence-corrected chi connectivity index (χ1v) is 10.3. The molecule has 0 aliphatic heterocycles. The number of aromatic carboxylic acids is 1. The van der Waals surface area contributed by atoms with Crippen molar-refractivity contribution in [3.63, 3.8) is 0 Å². The fourth-order valence-corrected chi connectivity index (χ4v) is 3.58. The van der Waals surface area contributed by atoms with Gasteiger partial charge in [-0.3, -0.25) is 14.8 Å². The first-order valence-electron chi connectivity index (χ1n) is 9.48. The number of anilines is 2. The summed E-state index contributed by atoms with van der Waals surface area (Å²) in [5, 5.41) is 38.6. The maximum absolute atomic E-state index is 11.5. The van der Waals surface area contributed by atoms with E-state index in [9.17, 15) is 20.1 Å². The van der Waals surface area contributed by atoms with E-state index in [4.69, 9.17) is 29.2 Å². The van der Waals surface area contributed by atoms with Gasteiger partial charge in [0.25, 0.3) is 0 Å². The Morgan fingerprint density at radius 1 is 1.18 bits per heavy atom. The number of aliphatic hydroxyl groups is 2. The minimum Gasteiger partial charge on any atom is -0.545 e. The van der Waals surface area contributed by atoms with Crippen LogP contribution in [0.25, 0.3) is 5.69 Å². The Hall–Kier alpha value is -1.55. The molecule has 0 bridgehead atoms. The molecule has 0 atom stereocenters. The first-order chi connectivity index (χ1) is 15.4. The van der Waals surface area contributed by atoms with Gasteiger partial charge in [0.1, 0.15) is 5.75 Å². The van der Waals surface area contributed by atoms with Gasteiger partial charge in [-0.05, 0) is 54.8 Å². The second kappa shape index (κ2) is 13.4. The third-order valence-corrected chi connectivity index (χ3v) is 5.01. The van der Waals surface area contributed by atoms with Gasteiger partial charge in [0.05, 0.1) is 31.4 Å². The Balaban J connectivity index is 0.00000385. The van der Waals surface area contributed by atoms with E-state index in [0.29, 0.717) is 15.3 Å². The summed E-state index contributed by atoms with van der Waals surface area (Å²) < 4.78 is 8.28. The van der Waals surface area contributed by atoms with Crippen LogP contribution in [-0.2, 0) is 0 Å². The van der Waals surface area contributed by atoms with Crippen molar-refractivity contribution in [3.05, 3.63) is 64.1 Å². The molecule has 13 heteroatoms. The van der Waals surface area contributed by atoms with Crippen molar-refractivity contribution in [2.45, 2.75) is 0 Å². The van der Waals surface area contributed by atoms with Crippen LogP contribution in [0.2, 0.25) is 0 Å². The number of nitrogens with one attached hydrogen (secondary N) is 3. The smallest absolute Gasteiger partial charge is 0.545 e. The number of ether oxygens (including phenoxy) is 1. The number of carboxylic acid groups (broad SMARTS) is 1. The van der Waals surface area contributed by atoms with E-state index in [1.165, 1.54) is 29.6 Å². The standard InChI is InChI=1S/C20H22N5O5S2.K/c26-8-6-24(7-9-27)17-11-15(4-5-16(17)18(28)29)30-12-21-13-2-1-3-14(10-13)25-19(31)22-23-20(25)32;/h1-6,10-11,21,26-27H,7-9,12H2,(H,22,31)(H,23,32)(H,28,29);/q;+1/p-1. The van der Waals surface area contributed by atoms with Crippen LogP contribution in [0.3, 0.4) is 0 Å². The van der Waals surface area contributed by atoms with Crippen LogP contribution >= 0.6 is 24.4 Å². The number of carbonyl (C=O) groups is 1. The summed E-state index contributed by atoms with van der Waals surface area (Å²) in [5.41, 5.74) is 1.67. The molecule has 169 valence electrons. The van der Waals surface area contributed by atoms with Gasteiger partial charge in [0, 0.05) is 29.5 Å². The third-order valence-electron chi connectivity index (χ3n) is 4.44. The number of rotatable bonds is 11. The molecule has 0 aliphatic rings. The molecule has 33 heavy (non-hydrogen) atoms. The Bertz CT molecular complexity index is 1160. The largest absolute Gasteiger partial charge is 1.00 e. The van der Waals surface area contributed by atoms with Gasteiger partial charge >= 0.3 is 51.4 Å². The molecule has 3 rings (SSSR count). The zero-order chi connectivity index (χ0) is 23.1. The van der Waals surface area contributed by atoms with E-state index in [1.54, 1.807) is 4.57 Å². The van der Waals surface area contributed by atoms with Crippen LogP contribution in [0.4, 0.5) is 11.4 Å². The van der Waals surface area contributed by atoms with Gasteiger partial charge in [-0.15, -0.1) is 0 Å². The minimum atomic E-state index is -1.38. The quantitative estimate of drug-likeness (QED) is 0.116. The Labute approximate surface area is 242 Å². The molecule has 1 aromatic heterocycles. The maximum Gasteiger partial charge on any atom is 1.00 e. The number of aliphatic hydroxyl groups excluding tert-OH is 2. The van der Waals surface area contributed by atoms with Crippen molar-refractivity contribution in [1.29, 1.82) is 0 Å². The van der Waals surface area contributed by atoms with Gasteiger partial charge in [-0.2, -0.15) is 0 Å². The molecule has 0 spiro atoms. The second-order valence-electron chi connectivity index (χ2n) is 6.46. The molecular formula is C20H21KN5O5S2. The van der Waals surface area contributed by atoms with Crippen LogP contribution in [0.5, 0.6) is 5.75 Å². The molecule has 10 nitrogen and oxygen atoms in total. The van der Waals surface area contributed by atoms with Gasteiger partial charge in [-0.1, -0.05) is 6.07 Å². The fraction of sp³-hybridized carbons (Fsp3) is 0.200. The van der Waals surface area contributed by atoms with E-state index in [0.717, 1.165) is 11.4 Å². The summed E-state index contributed by atoms with van der Waals surface area (Å²) >= 11 is 10.5. The molecule has 1 heterocycles. The molecule has 0 saturated heterocycles. The molecule has 0 saturated carbocycles. The predicted octanol–water partition coefficient (Wildman–Crippen LogP) is -1.64. The zero-order valence-electron chi connectivity index (χ0n) is 17.8. The van der Waals surface area contributed by atoms with Gasteiger partial charge in [0.2, 0.25) is 0 Å². The van der Waals surface area contributed by atoms with Crippen molar-refractivity contribution < 1.29 is 76.2 Å². The van der Waals surface area contributed by atoms with Crippen LogP contribution in [0.15, 0.2) is 42.5 Å². The van der Waals surface area contributed by atoms with Crippen molar-refractivity contribution in [2.75, 3.05) is 36.7 Å². The van der Waals surface area contributed by atoms with Crippen molar-refractivity contribution in [1.82, 2.24) is 14.8 Å². The average molecular weight is 515 g/mol. The summed E-state index contributed by atoms with van der Waals surface area (Å²) in [7, 11) is 0. The summed E-state index contributed by atoms with van der Waals surface area (Å²) in [6.07, 6.45) is 0. The van der Waals surface area contributed by atoms with E-state index in [-0.39, 0.29) is 89.1 Å². The SMILES string of the molecule is O=C([O-])c1ccc(OCNc2cccc(-n3c(=S)[nH][nH]c3=S)c2)cc1N([CH]CO)CCO.[K+]. The number of nitrogens with zero attached hydrogens (tertiary/aromatic N) is 2. The summed E-state index contributed by atoms with van der Waals surface area (Å²) in [4.78, 5) is 12.9. The van der Waals surface area contributed by atoms with E-state index >= 15 is 0 Å². The molecule has 2 aromatic carbocycles. The predicted molar refractivity (Wildman–Crippen MR) is 122 cm³/mol. The monoisotopic (exact) mass is 514 g/mol. The molecule has 3 aromatic rings. The van der Waals surface area contributed by atoms with Crippen LogP contribution in [0, 0.1) is 16.1 Å². The van der Waals surface area contributed by atoms with Crippen molar-refractivity contribution >= 4 is 41.8 Å². The van der Waals surface area contributed by atoms with Crippen LogP contribution in [-0.4, -0.2) is 57.4 Å². The topological polar surface area (TPSA) is 142 Å². The van der Waals surface area contributed by atoms with Crippen molar-refractivity contribution in [2.24, 2.45) is 0 Å². The number of hydrogen-bond acceptors (Lipinski definition) is 9. The molecule has 5 N–H and O–H groups in total. The van der Waals surface area contributed by atoms with Gasteiger partial charge < -0.3 is 35.1 Å². The number of carboxylic acids is 1. The van der Waals surface area contributed by atoms with E-state index in [2.05, 4.69) is 15.5 Å². The number of H-pyrrole nitrogens is 2. The molecule has 0 aliphatic carbocycles. The van der Waals surface area contributed by atoms with Crippen LogP contribution in [0.1, 0.15) is 10.4 Å². The van der Waals surface area contributed by atoms with Gasteiger partial charge in [-0.25, -0.2) is 0 Å². The molecule has 0 amide bonds. The fourth-order valence-electron chi connectivity index (χ4n) is 3.03. The van der Waals surface area contributed by atoms with Crippen LogP contribution < -0.4 is 71.4 Å². The van der Waals surface area contributed by atoms with E-state index < -0.39 is 5.97 Å². The Morgan fingerprint density at radius 2 is 1.91 bits per heavy atom.